The van der Waals surface area contributed by atoms with E-state index in [4.69, 9.17) is 9.15 Å². The molecule has 5 heteroatoms. The van der Waals surface area contributed by atoms with Crippen LogP contribution in [0.3, 0.4) is 0 Å². The molecule has 1 aliphatic heterocycles. The van der Waals surface area contributed by atoms with E-state index in [1.165, 1.54) is 24.0 Å². The van der Waals surface area contributed by atoms with E-state index in [9.17, 15) is 4.79 Å². The van der Waals surface area contributed by atoms with Crippen molar-refractivity contribution in [3.05, 3.63) is 59.6 Å². The third kappa shape index (κ3) is 3.69. The van der Waals surface area contributed by atoms with Gasteiger partial charge in [0.1, 0.15) is 5.75 Å². The summed E-state index contributed by atoms with van der Waals surface area (Å²) in [5, 5.41) is 0. The van der Waals surface area contributed by atoms with Gasteiger partial charge in [-0.25, -0.2) is 0 Å². The Labute approximate surface area is 184 Å². The molecule has 2 heterocycles. The molecule has 1 saturated carbocycles. The smallest absolute Gasteiger partial charge is 0.246 e. The van der Waals surface area contributed by atoms with Crippen LogP contribution >= 0.6 is 0 Å². The molecule has 2 bridgehead atoms. The summed E-state index contributed by atoms with van der Waals surface area (Å²) >= 11 is 0. The van der Waals surface area contributed by atoms with Crippen LogP contribution in [0.15, 0.2) is 47.3 Å². The number of likely N-dealkylation sites (tertiary alicyclic amines) is 1. The second-order valence-corrected chi connectivity index (χ2v) is 9.68. The van der Waals surface area contributed by atoms with Crippen LogP contribution in [0.1, 0.15) is 42.9 Å². The Morgan fingerprint density at radius 1 is 1.35 bits per heavy atom. The lowest BCUT2D eigenvalue weighted by molar-refractivity contribution is -0.132. The number of carbonyl (C=O) groups excluding carboxylic acids is 1. The molecule has 0 spiro atoms. The van der Waals surface area contributed by atoms with Gasteiger partial charge in [-0.05, 0) is 73.5 Å². The van der Waals surface area contributed by atoms with Gasteiger partial charge in [0.2, 0.25) is 5.91 Å². The van der Waals surface area contributed by atoms with Crippen LogP contribution < -0.4 is 4.74 Å². The molecule has 1 saturated heterocycles. The minimum atomic E-state index is -0.0965. The van der Waals surface area contributed by atoms with Crippen molar-refractivity contribution in [1.82, 2.24) is 9.80 Å². The van der Waals surface area contributed by atoms with Crippen molar-refractivity contribution in [3.8, 4) is 5.75 Å². The molecule has 0 radical (unpaired) electrons. The van der Waals surface area contributed by atoms with Crippen LogP contribution in [0.4, 0.5) is 0 Å². The van der Waals surface area contributed by atoms with Gasteiger partial charge in [-0.15, -0.1) is 0 Å². The van der Waals surface area contributed by atoms with Gasteiger partial charge in [-0.3, -0.25) is 9.69 Å². The molecule has 2 aliphatic carbocycles. The van der Waals surface area contributed by atoms with Crippen molar-refractivity contribution >= 4 is 12.0 Å². The predicted molar refractivity (Wildman–Crippen MR) is 121 cm³/mol. The van der Waals surface area contributed by atoms with Crippen LogP contribution in [-0.2, 0) is 16.6 Å². The second kappa shape index (κ2) is 7.86. The van der Waals surface area contributed by atoms with E-state index < -0.39 is 0 Å². The fourth-order valence-electron chi connectivity index (χ4n) is 5.80. The van der Waals surface area contributed by atoms with Crippen LogP contribution in [-0.4, -0.2) is 55.0 Å². The van der Waals surface area contributed by atoms with Gasteiger partial charge in [0.15, 0.2) is 0 Å². The molecule has 1 aromatic carbocycles. The quantitative estimate of drug-likeness (QED) is 0.660. The summed E-state index contributed by atoms with van der Waals surface area (Å²) in [5.41, 5.74) is 3.56. The Bertz CT molecular complexity index is 979. The molecular weight excluding hydrogens is 388 g/mol. The number of ether oxygens (including phenoxy) is 1. The first-order chi connectivity index (χ1) is 15.0. The standard InChI is InChI=1S/C26H32N2O3/c1-26-11-12-28(16-18-4-5-18)23(14-20-7-8-21(30-3)15-22(20)26)25(26)27(2)24(29)9-6-19-10-13-31-17-19/h6-10,13,15,17-18,23,25H,4-5,11-12,14,16H2,1-3H3/b9-6-/t23-,25-,26+/m1/s1. The third-order valence-electron chi connectivity index (χ3n) is 7.68. The summed E-state index contributed by atoms with van der Waals surface area (Å²) in [7, 11) is 3.70. The van der Waals surface area contributed by atoms with Gasteiger partial charge >= 0.3 is 0 Å². The molecule has 5 nitrogen and oxygen atoms in total. The topological polar surface area (TPSA) is 45.9 Å². The lowest BCUT2D eigenvalue weighted by Gasteiger charge is -2.58. The molecule has 1 aromatic heterocycles. The lowest BCUT2D eigenvalue weighted by atomic mass is 9.61. The van der Waals surface area contributed by atoms with Gasteiger partial charge in [-0.1, -0.05) is 13.0 Å². The number of benzene rings is 1. The zero-order chi connectivity index (χ0) is 21.6. The Kier molecular flexibility index (Phi) is 5.17. The summed E-state index contributed by atoms with van der Waals surface area (Å²) in [4.78, 5) is 17.9. The highest BCUT2D eigenvalue weighted by atomic mass is 16.5. The molecule has 164 valence electrons. The van der Waals surface area contributed by atoms with Crippen molar-refractivity contribution in [3.63, 3.8) is 0 Å². The van der Waals surface area contributed by atoms with E-state index in [0.29, 0.717) is 6.04 Å². The van der Waals surface area contributed by atoms with Crippen LogP contribution in [0, 0.1) is 5.92 Å². The van der Waals surface area contributed by atoms with E-state index in [0.717, 1.165) is 43.2 Å². The Balaban J connectivity index is 1.50. The molecular formula is C26H32N2O3. The maximum absolute atomic E-state index is 13.3. The number of likely N-dealkylation sites (N-methyl/N-ethyl adjacent to an activating group) is 1. The second-order valence-electron chi connectivity index (χ2n) is 9.68. The molecule has 5 rings (SSSR count). The number of amides is 1. The molecule has 0 N–H and O–H groups in total. The number of carbonyl (C=O) groups is 1. The number of rotatable bonds is 6. The number of hydrogen-bond acceptors (Lipinski definition) is 4. The average Bonchev–Trinajstić information content (AvgIpc) is 3.44. The summed E-state index contributed by atoms with van der Waals surface area (Å²) < 4.78 is 10.7. The minimum absolute atomic E-state index is 0.0436. The summed E-state index contributed by atoms with van der Waals surface area (Å²) in [5.74, 6) is 1.78. The first-order valence-electron chi connectivity index (χ1n) is 11.4. The van der Waals surface area contributed by atoms with Gasteiger partial charge < -0.3 is 14.1 Å². The molecule has 1 amide bonds. The van der Waals surface area contributed by atoms with Crippen molar-refractivity contribution in [2.24, 2.45) is 5.92 Å². The zero-order valence-electron chi connectivity index (χ0n) is 18.7. The van der Waals surface area contributed by atoms with Gasteiger partial charge in [0.25, 0.3) is 0 Å². The average molecular weight is 421 g/mol. The minimum Gasteiger partial charge on any atom is -0.497 e. The number of fused-ring (bicyclic) bond motifs is 4. The predicted octanol–water partition coefficient (Wildman–Crippen LogP) is 4.13. The van der Waals surface area contributed by atoms with Crippen LogP contribution in [0.5, 0.6) is 5.75 Å². The van der Waals surface area contributed by atoms with Crippen LogP contribution in [0.2, 0.25) is 0 Å². The summed E-state index contributed by atoms with van der Waals surface area (Å²) in [6.07, 6.45) is 11.5. The first kappa shape index (κ1) is 20.4. The molecule has 3 atom stereocenters. The summed E-state index contributed by atoms with van der Waals surface area (Å²) in [6, 6.07) is 8.84. The molecule has 0 unspecified atom stereocenters. The highest BCUT2D eigenvalue weighted by Gasteiger charge is 2.53. The number of nitrogens with zero attached hydrogens (tertiary/aromatic N) is 2. The van der Waals surface area contributed by atoms with Crippen molar-refractivity contribution in [2.75, 3.05) is 27.2 Å². The van der Waals surface area contributed by atoms with E-state index >= 15 is 0 Å². The maximum Gasteiger partial charge on any atom is 0.246 e. The first-order valence-corrected chi connectivity index (χ1v) is 11.4. The normalized spacial score (nSPS) is 27.8. The fraction of sp³-hybridized carbons (Fsp3) is 0.500. The number of hydrogen-bond donors (Lipinski definition) is 0. The SMILES string of the molecule is COc1ccc2c(c1)[C@]1(C)CCN(CC3CC3)[C@H](C2)[C@H]1N(C)C(=O)/C=C\c1ccoc1. The third-order valence-corrected chi connectivity index (χ3v) is 7.68. The molecule has 3 aliphatic rings. The highest BCUT2D eigenvalue weighted by molar-refractivity contribution is 5.92. The number of methoxy groups -OCH3 is 1. The highest BCUT2D eigenvalue weighted by Crippen LogP contribution is 2.48. The monoisotopic (exact) mass is 420 g/mol. The number of piperidine rings is 1. The van der Waals surface area contributed by atoms with E-state index in [-0.39, 0.29) is 17.4 Å². The van der Waals surface area contributed by atoms with Crippen LogP contribution in [0.25, 0.3) is 6.08 Å². The van der Waals surface area contributed by atoms with Gasteiger partial charge in [0, 0.05) is 36.7 Å². The van der Waals surface area contributed by atoms with Gasteiger partial charge in [0.05, 0.1) is 25.7 Å². The van der Waals surface area contributed by atoms with Crippen molar-refractivity contribution in [1.29, 1.82) is 0 Å². The van der Waals surface area contributed by atoms with E-state index in [1.807, 2.05) is 24.1 Å². The van der Waals surface area contributed by atoms with Gasteiger partial charge in [-0.2, -0.15) is 0 Å². The van der Waals surface area contributed by atoms with Crippen molar-refractivity contribution < 1.29 is 13.9 Å². The van der Waals surface area contributed by atoms with E-state index in [2.05, 4.69) is 30.0 Å². The van der Waals surface area contributed by atoms with Crippen molar-refractivity contribution in [2.45, 2.75) is 50.1 Å². The maximum atomic E-state index is 13.3. The fourth-order valence-corrected chi connectivity index (χ4v) is 5.80. The van der Waals surface area contributed by atoms with E-state index in [1.54, 1.807) is 25.7 Å². The Morgan fingerprint density at radius 2 is 2.19 bits per heavy atom. The molecule has 2 fully saturated rings. The lowest BCUT2D eigenvalue weighted by Crippen LogP contribution is -2.68. The number of furan rings is 1. The Morgan fingerprint density at radius 3 is 2.90 bits per heavy atom. The largest absolute Gasteiger partial charge is 0.497 e. The Hall–Kier alpha value is -2.53. The molecule has 2 aromatic rings. The molecule has 31 heavy (non-hydrogen) atoms. The zero-order valence-corrected chi connectivity index (χ0v) is 18.7. The summed E-state index contributed by atoms with van der Waals surface area (Å²) in [6.45, 7) is 4.60.